The summed E-state index contributed by atoms with van der Waals surface area (Å²) in [6, 6.07) is 21.7. The number of ether oxygens (including phenoxy) is 8. The monoisotopic (exact) mass is 894 g/mol. The van der Waals surface area contributed by atoms with Gasteiger partial charge in [0, 0.05) is 23.8 Å². The smallest absolute Gasteiger partial charge is 0.333 e. The first-order valence-corrected chi connectivity index (χ1v) is 20.8. The molecule has 0 aromatic heterocycles. The molecule has 0 saturated carbocycles. The van der Waals surface area contributed by atoms with E-state index in [1.807, 2.05) is 50.2 Å². The van der Waals surface area contributed by atoms with Crippen molar-refractivity contribution in [2.24, 2.45) is 0 Å². The van der Waals surface area contributed by atoms with Crippen LogP contribution in [0.25, 0.3) is 0 Å². The van der Waals surface area contributed by atoms with Crippen molar-refractivity contribution in [2.45, 2.75) is 83.0 Å². The van der Waals surface area contributed by atoms with Gasteiger partial charge in [-0.1, -0.05) is 49.9 Å². The zero-order chi connectivity index (χ0) is 46.9. The minimum Gasteiger partial charge on any atom is -0.491 e. The van der Waals surface area contributed by atoms with Crippen molar-refractivity contribution < 1.29 is 82.0 Å². The Morgan fingerprint density at radius 1 is 0.547 bits per heavy atom. The first-order chi connectivity index (χ1) is 30.6. The number of carbonyl (C=O) groups is 6. The van der Waals surface area contributed by atoms with Crippen LogP contribution in [0.4, 0.5) is 0 Å². The lowest BCUT2D eigenvalue weighted by Gasteiger charge is -2.32. The molecule has 0 aliphatic carbocycles. The molecule has 3 rings (SSSR count). The Kier molecular flexibility index (Phi) is 22.5. The highest BCUT2D eigenvalue weighted by molar-refractivity contribution is 5.87. The fourth-order valence-corrected chi connectivity index (χ4v) is 5.73. The summed E-state index contributed by atoms with van der Waals surface area (Å²) in [6.07, 6.45) is -2.35. The molecule has 4 atom stereocenters. The molecular formula is C47H58O17. The van der Waals surface area contributed by atoms with Gasteiger partial charge in [-0.2, -0.15) is 0 Å². The summed E-state index contributed by atoms with van der Waals surface area (Å²) in [5, 5.41) is 31.0. The maximum atomic E-state index is 12.1. The zero-order valence-corrected chi connectivity index (χ0v) is 36.4. The van der Waals surface area contributed by atoms with Gasteiger partial charge in [0.2, 0.25) is 0 Å². The molecule has 0 saturated heterocycles. The average molecular weight is 895 g/mol. The maximum Gasteiger partial charge on any atom is 0.333 e. The predicted molar refractivity (Wildman–Crippen MR) is 228 cm³/mol. The quantitative estimate of drug-likeness (QED) is 0.0213. The van der Waals surface area contributed by atoms with Crippen molar-refractivity contribution >= 4 is 36.1 Å². The highest BCUT2D eigenvalue weighted by atomic mass is 16.6. The van der Waals surface area contributed by atoms with Gasteiger partial charge < -0.3 is 58.0 Å². The van der Waals surface area contributed by atoms with Crippen LogP contribution in [-0.4, -0.2) is 123 Å². The van der Waals surface area contributed by atoms with Crippen LogP contribution in [0.1, 0.15) is 76.0 Å². The third-order valence-electron chi connectivity index (χ3n) is 9.31. The van der Waals surface area contributed by atoms with Crippen LogP contribution < -0.4 is 14.2 Å². The van der Waals surface area contributed by atoms with Crippen molar-refractivity contribution in [1.82, 2.24) is 0 Å². The van der Waals surface area contributed by atoms with E-state index >= 15 is 0 Å². The molecule has 0 fully saturated rings. The van der Waals surface area contributed by atoms with Crippen LogP contribution >= 0.6 is 0 Å². The molecule has 64 heavy (non-hydrogen) atoms. The predicted octanol–water partition coefficient (Wildman–Crippen LogP) is 4.11. The van der Waals surface area contributed by atoms with Crippen molar-refractivity contribution in [1.29, 1.82) is 0 Å². The van der Waals surface area contributed by atoms with Gasteiger partial charge in [0.25, 0.3) is 0 Å². The molecule has 0 radical (unpaired) electrons. The van der Waals surface area contributed by atoms with Crippen molar-refractivity contribution in [3.05, 3.63) is 102 Å². The average Bonchev–Trinajstić information content (AvgIpc) is 3.30. The molecule has 0 spiro atoms. The molecule has 0 amide bonds. The summed E-state index contributed by atoms with van der Waals surface area (Å²) in [6.45, 7) is 7.19. The molecule has 0 heterocycles. The maximum absolute atomic E-state index is 12.1. The van der Waals surface area contributed by atoms with Gasteiger partial charge in [-0.15, -0.1) is 0 Å². The summed E-state index contributed by atoms with van der Waals surface area (Å²) in [7, 11) is 0. The summed E-state index contributed by atoms with van der Waals surface area (Å²) in [5.41, 5.74) is 1.99. The normalized spacial score (nSPS) is 13.2. The molecule has 3 aromatic carbocycles. The second kappa shape index (κ2) is 27.7. The number of hydrogen-bond acceptors (Lipinski definition) is 17. The third kappa shape index (κ3) is 18.6. The van der Waals surface area contributed by atoms with E-state index in [2.05, 4.69) is 6.58 Å². The second-order valence-corrected chi connectivity index (χ2v) is 14.7. The molecule has 3 N–H and O–H groups in total. The Bertz CT molecular complexity index is 1940. The summed E-state index contributed by atoms with van der Waals surface area (Å²) in [5.74, 6) is -1.64. The van der Waals surface area contributed by atoms with Crippen LogP contribution in [0.2, 0.25) is 0 Å². The van der Waals surface area contributed by atoms with E-state index in [9.17, 15) is 44.1 Å². The molecule has 0 aliphatic rings. The highest BCUT2D eigenvalue weighted by Gasteiger charge is 2.32. The van der Waals surface area contributed by atoms with Gasteiger partial charge in [-0.25, -0.2) is 4.79 Å². The van der Waals surface area contributed by atoms with Crippen LogP contribution in [0.5, 0.6) is 17.2 Å². The fraction of sp³-hybridized carbons (Fsp3) is 0.447. The lowest BCUT2D eigenvalue weighted by molar-refractivity contribution is -0.154. The first-order valence-electron chi connectivity index (χ1n) is 20.8. The standard InChI is InChI=1S/C47H58O17/c1-5-7-42(52)62-29-36(49)26-59-39-15-9-33(10-16-39)47(4,34-11-17-40(18-12-34)60-27-37(50)30-63-43(53)8-6-23-48)35-13-19-41(20-14-35)61-28-38(51)31-64-45(55)22-21-44(54)57-24-25-58-46(56)32(2)3/h9-20,23,36-38,49-51H,2,5-8,21-22,24-31H2,1,3-4H3. The van der Waals surface area contributed by atoms with Gasteiger partial charge in [-0.3, -0.25) is 19.2 Å². The topological polar surface area (TPSA) is 237 Å². The molecule has 0 aliphatic heterocycles. The van der Waals surface area contributed by atoms with E-state index < -0.39 is 53.6 Å². The number of benzene rings is 3. The van der Waals surface area contributed by atoms with E-state index in [1.54, 1.807) is 36.4 Å². The SMILES string of the molecule is C=C(C)C(=O)OCCOC(=O)CCC(=O)OCC(O)COc1ccc(C(C)(c2ccc(OCC(O)COC(=O)CCC)cc2)c2ccc(OCC(O)COC(=O)CCC=O)cc2)cc1. The fourth-order valence-electron chi connectivity index (χ4n) is 5.73. The van der Waals surface area contributed by atoms with Crippen molar-refractivity contribution in [3.63, 3.8) is 0 Å². The third-order valence-corrected chi connectivity index (χ3v) is 9.31. The number of aldehydes is 1. The number of rotatable bonds is 30. The van der Waals surface area contributed by atoms with Gasteiger partial charge in [-0.05, 0) is 73.4 Å². The number of aliphatic hydroxyl groups excluding tert-OH is 3. The Morgan fingerprint density at radius 2 is 0.891 bits per heavy atom. The first kappa shape index (κ1) is 52.0. The molecule has 0 bridgehead atoms. The van der Waals surface area contributed by atoms with E-state index in [-0.39, 0.29) is 90.5 Å². The molecular weight excluding hydrogens is 836 g/mol. The summed E-state index contributed by atoms with van der Waals surface area (Å²) in [4.78, 5) is 69.2. The largest absolute Gasteiger partial charge is 0.491 e. The Hall–Kier alpha value is -6.30. The van der Waals surface area contributed by atoms with Crippen molar-refractivity contribution in [2.75, 3.05) is 52.9 Å². The molecule has 348 valence electrons. The minimum absolute atomic E-state index is 0.0351. The van der Waals surface area contributed by atoms with Gasteiger partial charge in [0.15, 0.2) is 0 Å². The Morgan fingerprint density at radius 3 is 1.25 bits per heavy atom. The van der Waals surface area contributed by atoms with E-state index in [0.29, 0.717) is 30.0 Å². The van der Waals surface area contributed by atoms with Crippen LogP contribution in [0, 0.1) is 0 Å². The number of hydrogen-bond donors (Lipinski definition) is 3. The van der Waals surface area contributed by atoms with Crippen LogP contribution in [0.3, 0.4) is 0 Å². The van der Waals surface area contributed by atoms with Gasteiger partial charge in [0.1, 0.15) is 94.7 Å². The molecule has 4 unspecified atom stereocenters. The molecule has 17 nitrogen and oxygen atoms in total. The van der Waals surface area contributed by atoms with E-state index in [4.69, 9.17) is 37.9 Å². The van der Waals surface area contributed by atoms with Crippen molar-refractivity contribution in [3.8, 4) is 17.2 Å². The molecule has 3 aromatic rings. The number of esters is 5. The Labute approximate surface area is 372 Å². The van der Waals surface area contributed by atoms with Crippen LogP contribution in [-0.2, 0) is 57.9 Å². The minimum atomic E-state index is -1.17. The summed E-state index contributed by atoms with van der Waals surface area (Å²) < 4.78 is 42.2. The van der Waals surface area contributed by atoms with Gasteiger partial charge in [0.05, 0.1) is 19.3 Å². The van der Waals surface area contributed by atoms with Gasteiger partial charge >= 0.3 is 29.8 Å². The van der Waals surface area contributed by atoms with E-state index in [0.717, 1.165) is 16.7 Å². The number of carbonyl (C=O) groups excluding carboxylic acids is 6. The lowest BCUT2D eigenvalue weighted by Crippen LogP contribution is -2.27. The van der Waals surface area contributed by atoms with E-state index in [1.165, 1.54) is 6.92 Å². The zero-order valence-electron chi connectivity index (χ0n) is 36.4. The Balaban J connectivity index is 1.64. The molecule has 17 heteroatoms. The van der Waals surface area contributed by atoms with Crippen LogP contribution in [0.15, 0.2) is 84.9 Å². The highest BCUT2D eigenvalue weighted by Crippen LogP contribution is 2.40. The lowest BCUT2D eigenvalue weighted by atomic mass is 9.71. The second-order valence-electron chi connectivity index (χ2n) is 14.7. The number of aliphatic hydroxyl groups is 3. The summed E-state index contributed by atoms with van der Waals surface area (Å²) >= 11 is 0.